The monoisotopic (exact) mass is 346 g/mol. The van der Waals surface area contributed by atoms with E-state index in [-0.39, 0.29) is 17.2 Å². The summed E-state index contributed by atoms with van der Waals surface area (Å²) in [5.74, 6) is -1.13. The Balaban J connectivity index is 2.35. The Morgan fingerprint density at radius 2 is 2.08 bits per heavy atom. The summed E-state index contributed by atoms with van der Waals surface area (Å²) in [6.07, 6.45) is 3.45. The number of nitrogens with one attached hydrogen (secondary N) is 1. The third-order valence-corrected chi connectivity index (χ3v) is 3.55. The molecule has 0 spiro atoms. The molecular formula is C17H18N2O6. The van der Waals surface area contributed by atoms with Gasteiger partial charge in [-0.2, -0.15) is 0 Å². The van der Waals surface area contributed by atoms with E-state index in [2.05, 4.69) is 16.6 Å². The summed E-state index contributed by atoms with van der Waals surface area (Å²) >= 11 is 0. The van der Waals surface area contributed by atoms with Crippen LogP contribution in [0.3, 0.4) is 0 Å². The van der Waals surface area contributed by atoms with Crippen molar-refractivity contribution in [2.24, 2.45) is 0 Å². The molecule has 0 radical (unpaired) electrons. The molecule has 1 aliphatic heterocycles. The SMILES string of the molecule is C=CCc1cc(C=C2NC(=O)N(CC(=O)OC)C2=O)cc(OC)c1O. The summed E-state index contributed by atoms with van der Waals surface area (Å²) in [4.78, 5) is 36.2. The van der Waals surface area contributed by atoms with E-state index in [1.807, 2.05) is 0 Å². The van der Waals surface area contributed by atoms with Crippen LogP contribution in [0.15, 0.2) is 30.5 Å². The standard InChI is InChI=1S/C17H18N2O6/c1-4-5-11-6-10(8-13(24-2)15(11)21)7-12-16(22)19(17(23)18-12)9-14(20)25-3/h4,6-8,21H,1,5,9H2,2-3H3,(H,18,23). The molecule has 1 heterocycles. The largest absolute Gasteiger partial charge is 0.504 e. The van der Waals surface area contributed by atoms with E-state index in [1.54, 1.807) is 12.1 Å². The van der Waals surface area contributed by atoms with Crippen LogP contribution in [0.25, 0.3) is 6.08 Å². The topological polar surface area (TPSA) is 105 Å². The number of aromatic hydroxyl groups is 1. The lowest BCUT2D eigenvalue weighted by atomic mass is 10.0. The van der Waals surface area contributed by atoms with Gasteiger partial charge in [-0.3, -0.25) is 9.59 Å². The van der Waals surface area contributed by atoms with E-state index in [0.29, 0.717) is 17.5 Å². The fourth-order valence-electron chi connectivity index (χ4n) is 2.31. The Bertz CT molecular complexity index is 769. The van der Waals surface area contributed by atoms with Crippen LogP contribution < -0.4 is 10.1 Å². The first-order valence-corrected chi connectivity index (χ1v) is 7.33. The number of urea groups is 1. The maximum Gasteiger partial charge on any atom is 0.329 e. The molecule has 1 fully saturated rings. The van der Waals surface area contributed by atoms with Gasteiger partial charge in [0.2, 0.25) is 0 Å². The summed E-state index contributed by atoms with van der Waals surface area (Å²) in [5, 5.41) is 12.5. The predicted octanol–water partition coefficient (Wildman–Crippen LogP) is 1.19. The number of carbonyl (C=O) groups excluding carboxylic acids is 3. The van der Waals surface area contributed by atoms with Gasteiger partial charge in [0.15, 0.2) is 11.5 Å². The fraction of sp³-hybridized carbons (Fsp3) is 0.235. The van der Waals surface area contributed by atoms with E-state index in [9.17, 15) is 19.5 Å². The average Bonchev–Trinajstić information content (AvgIpc) is 2.85. The number of carbonyl (C=O) groups is 3. The van der Waals surface area contributed by atoms with Crippen molar-refractivity contribution in [3.8, 4) is 11.5 Å². The van der Waals surface area contributed by atoms with E-state index in [1.165, 1.54) is 26.4 Å². The number of amides is 3. The van der Waals surface area contributed by atoms with Gasteiger partial charge in [-0.25, -0.2) is 9.69 Å². The summed E-state index contributed by atoms with van der Waals surface area (Å²) in [7, 11) is 2.58. The molecule has 132 valence electrons. The lowest BCUT2D eigenvalue weighted by Crippen LogP contribution is -2.36. The maximum absolute atomic E-state index is 12.3. The maximum atomic E-state index is 12.3. The molecule has 25 heavy (non-hydrogen) atoms. The van der Waals surface area contributed by atoms with Crippen LogP contribution in [-0.2, 0) is 20.7 Å². The third-order valence-electron chi connectivity index (χ3n) is 3.55. The van der Waals surface area contributed by atoms with Crippen molar-refractivity contribution in [3.05, 3.63) is 41.6 Å². The van der Waals surface area contributed by atoms with Gasteiger partial charge in [0.05, 0.1) is 14.2 Å². The number of allylic oxidation sites excluding steroid dienone is 1. The Labute approximate surface area is 144 Å². The van der Waals surface area contributed by atoms with Crippen molar-refractivity contribution in [1.82, 2.24) is 10.2 Å². The van der Waals surface area contributed by atoms with Crippen molar-refractivity contribution < 1.29 is 29.0 Å². The number of methoxy groups -OCH3 is 2. The number of nitrogens with zero attached hydrogens (tertiary/aromatic N) is 1. The van der Waals surface area contributed by atoms with Gasteiger partial charge < -0.3 is 19.9 Å². The van der Waals surface area contributed by atoms with Crippen LogP contribution in [-0.4, -0.2) is 48.7 Å². The van der Waals surface area contributed by atoms with E-state index in [0.717, 1.165) is 4.90 Å². The number of rotatable bonds is 6. The van der Waals surface area contributed by atoms with E-state index in [4.69, 9.17) is 4.74 Å². The van der Waals surface area contributed by atoms with Crippen LogP contribution in [0.4, 0.5) is 4.79 Å². The highest BCUT2D eigenvalue weighted by Crippen LogP contribution is 2.33. The van der Waals surface area contributed by atoms with Crippen molar-refractivity contribution in [2.45, 2.75) is 6.42 Å². The molecule has 8 nitrogen and oxygen atoms in total. The Morgan fingerprint density at radius 1 is 1.36 bits per heavy atom. The van der Waals surface area contributed by atoms with Crippen LogP contribution in [0.5, 0.6) is 11.5 Å². The van der Waals surface area contributed by atoms with Crippen LogP contribution >= 0.6 is 0 Å². The lowest BCUT2D eigenvalue weighted by molar-refractivity contribution is -0.143. The molecular weight excluding hydrogens is 328 g/mol. The number of hydrogen-bond acceptors (Lipinski definition) is 6. The minimum absolute atomic E-state index is 0.00574. The molecule has 0 unspecified atom stereocenters. The minimum atomic E-state index is -0.710. The molecule has 1 aliphatic rings. The van der Waals surface area contributed by atoms with Crippen molar-refractivity contribution in [2.75, 3.05) is 20.8 Å². The second-order valence-electron chi connectivity index (χ2n) is 5.18. The molecule has 8 heteroatoms. The van der Waals surface area contributed by atoms with Crippen LogP contribution in [0.1, 0.15) is 11.1 Å². The highest BCUT2D eigenvalue weighted by atomic mass is 16.5. The number of benzene rings is 1. The van der Waals surface area contributed by atoms with Crippen molar-refractivity contribution in [3.63, 3.8) is 0 Å². The third kappa shape index (κ3) is 3.79. The lowest BCUT2D eigenvalue weighted by Gasteiger charge is -2.10. The summed E-state index contributed by atoms with van der Waals surface area (Å²) < 4.78 is 9.58. The normalized spacial score (nSPS) is 15.3. The highest BCUT2D eigenvalue weighted by Gasteiger charge is 2.35. The molecule has 0 bridgehead atoms. The van der Waals surface area contributed by atoms with Gasteiger partial charge in [0, 0.05) is 5.56 Å². The van der Waals surface area contributed by atoms with E-state index >= 15 is 0 Å². The molecule has 0 saturated carbocycles. The van der Waals surface area contributed by atoms with Gasteiger partial charge in [0.1, 0.15) is 12.2 Å². The van der Waals surface area contributed by atoms with Gasteiger partial charge >= 0.3 is 12.0 Å². The zero-order chi connectivity index (χ0) is 18.6. The molecule has 0 atom stereocenters. The summed E-state index contributed by atoms with van der Waals surface area (Å²) in [5.41, 5.74) is 1.10. The first-order valence-electron chi connectivity index (χ1n) is 7.33. The van der Waals surface area contributed by atoms with Gasteiger partial charge in [-0.05, 0) is 30.2 Å². The number of imide groups is 1. The van der Waals surface area contributed by atoms with Crippen LogP contribution in [0, 0.1) is 0 Å². The highest BCUT2D eigenvalue weighted by molar-refractivity contribution is 6.15. The molecule has 2 rings (SSSR count). The second-order valence-corrected chi connectivity index (χ2v) is 5.18. The second kappa shape index (κ2) is 7.52. The Kier molecular flexibility index (Phi) is 5.43. The first-order chi connectivity index (χ1) is 11.9. The molecule has 1 aromatic carbocycles. The number of phenolic OH excluding ortho intramolecular Hbond substituents is 1. The Morgan fingerprint density at radius 3 is 2.68 bits per heavy atom. The average molecular weight is 346 g/mol. The summed E-state index contributed by atoms with van der Waals surface area (Å²) in [6.45, 7) is 3.15. The zero-order valence-electron chi connectivity index (χ0n) is 13.9. The molecule has 0 aliphatic carbocycles. The number of esters is 1. The van der Waals surface area contributed by atoms with Crippen LogP contribution in [0.2, 0.25) is 0 Å². The number of phenols is 1. The van der Waals surface area contributed by atoms with Gasteiger partial charge in [-0.1, -0.05) is 6.08 Å². The molecule has 1 aromatic rings. The fourth-order valence-corrected chi connectivity index (χ4v) is 2.31. The summed E-state index contributed by atoms with van der Waals surface area (Å²) in [6, 6.07) is 2.46. The number of hydrogen-bond donors (Lipinski definition) is 2. The first kappa shape index (κ1) is 18.1. The smallest absolute Gasteiger partial charge is 0.329 e. The Hall–Kier alpha value is -3.29. The minimum Gasteiger partial charge on any atom is -0.504 e. The van der Waals surface area contributed by atoms with Gasteiger partial charge in [0.25, 0.3) is 5.91 Å². The predicted molar refractivity (Wildman–Crippen MR) is 88.8 cm³/mol. The van der Waals surface area contributed by atoms with Gasteiger partial charge in [-0.15, -0.1) is 6.58 Å². The zero-order valence-corrected chi connectivity index (χ0v) is 13.9. The number of ether oxygens (including phenoxy) is 2. The van der Waals surface area contributed by atoms with Crippen molar-refractivity contribution >= 4 is 24.0 Å². The molecule has 0 aromatic heterocycles. The van der Waals surface area contributed by atoms with E-state index < -0.39 is 24.5 Å². The molecule has 1 saturated heterocycles. The molecule has 3 amide bonds. The van der Waals surface area contributed by atoms with Crippen molar-refractivity contribution in [1.29, 1.82) is 0 Å². The quantitative estimate of drug-likeness (QED) is 0.347. The molecule has 2 N–H and O–H groups in total.